The highest BCUT2D eigenvalue weighted by Crippen LogP contribution is 2.45. The maximum absolute atomic E-state index is 14.3. The summed E-state index contributed by atoms with van der Waals surface area (Å²) >= 11 is 9.29. The molecule has 0 saturated carbocycles. The maximum Gasteiger partial charge on any atom is 0.165 e. The smallest absolute Gasteiger partial charge is 0.165 e. The van der Waals surface area contributed by atoms with Crippen LogP contribution in [-0.2, 0) is 0 Å². The number of nitrogens with zero attached hydrogens (tertiary/aromatic N) is 4. The lowest BCUT2D eigenvalue weighted by Crippen LogP contribution is -2.35. The van der Waals surface area contributed by atoms with Gasteiger partial charge in [0, 0.05) is 7.05 Å². The molecule has 1 aromatic heterocycles. The van der Waals surface area contributed by atoms with Crippen LogP contribution < -0.4 is 9.64 Å². The van der Waals surface area contributed by atoms with Crippen LogP contribution in [0.25, 0.3) is 10.9 Å². The number of nitriles is 1. The van der Waals surface area contributed by atoms with Gasteiger partial charge in [-0.25, -0.2) is 14.4 Å². The Hall–Kier alpha value is -1.65. The first-order valence-corrected chi connectivity index (χ1v) is 7.27. The summed E-state index contributed by atoms with van der Waals surface area (Å²) in [4.78, 5) is 9.99. The first-order chi connectivity index (χ1) is 10.1. The quantitative estimate of drug-likeness (QED) is 0.720. The van der Waals surface area contributed by atoms with Gasteiger partial charge < -0.3 is 9.64 Å². The van der Waals surface area contributed by atoms with Crippen LogP contribution in [-0.4, -0.2) is 29.7 Å². The molecule has 1 aliphatic rings. The topological polar surface area (TPSA) is 62.0 Å². The molecule has 0 amide bonds. The lowest BCUT2D eigenvalue weighted by Gasteiger charge is -2.24. The predicted octanol–water partition coefficient (Wildman–Crippen LogP) is 3.30. The molecule has 0 spiro atoms. The zero-order valence-electron chi connectivity index (χ0n) is 10.9. The molecule has 2 heterocycles. The van der Waals surface area contributed by atoms with Gasteiger partial charge in [0.25, 0.3) is 0 Å². The Balaban J connectivity index is 2.35. The third-order valence-corrected chi connectivity index (χ3v) is 4.81. The second-order valence-corrected chi connectivity index (χ2v) is 5.80. The molecule has 0 aliphatic carbocycles. The van der Waals surface area contributed by atoms with Crippen LogP contribution in [0, 0.1) is 17.1 Å². The first kappa shape index (κ1) is 14.3. The normalized spacial score (nSPS) is 17.3. The highest BCUT2D eigenvalue weighted by molar-refractivity contribution is 9.10. The first-order valence-electron chi connectivity index (χ1n) is 6.10. The van der Waals surface area contributed by atoms with E-state index in [-0.39, 0.29) is 34.1 Å². The molecule has 0 bridgehead atoms. The Morgan fingerprint density at radius 2 is 2.38 bits per heavy atom. The van der Waals surface area contributed by atoms with Crippen molar-refractivity contribution >= 4 is 44.3 Å². The van der Waals surface area contributed by atoms with E-state index in [2.05, 4.69) is 32.0 Å². The van der Waals surface area contributed by atoms with Crippen molar-refractivity contribution < 1.29 is 9.13 Å². The van der Waals surface area contributed by atoms with Crippen LogP contribution in [0.2, 0.25) is 5.02 Å². The molecular formula is C13H9BrClFN4O. The molecule has 108 valence electrons. The average molecular weight is 372 g/mol. The Bertz CT molecular complexity index is 779. The van der Waals surface area contributed by atoms with Crippen molar-refractivity contribution in [2.75, 3.05) is 18.6 Å². The van der Waals surface area contributed by atoms with Gasteiger partial charge in [0.1, 0.15) is 29.3 Å². The van der Waals surface area contributed by atoms with Crippen molar-refractivity contribution in [3.8, 4) is 11.8 Å². The van der Waals surface area contributed by atoms with E-state index in [1.807, 2.05) is 0 Å². The fraction of sp³-hybridized carbons (Fsp3) is 0.308. The van der Waals surface area contributed by atoms with E-state index in [4.69, 9.17) is 21.6 Å². The Labute approximate surface area is 133 Å². The number of hydrogen-bond acceptors (Lipinski definition) is 5. The molecule has 0 fully saturated rings. The molecule has 0 radical (unpaired) electrons. The van der Waals surface area contributed by atoms with Gasteiger partial charge >= 0.3 is 0 Å². The number of anilines is 1. The third-order valence-electron chi connectivity index (χ3n) is 3.48. The van der Waals surface area contributed by atoms with Gasteiger partial charge in [-0.3, -0.25) is 0 Å². The van der Waals surface area contributed by atoms with E-state index >= 15 is 0 Å². The molecule has 1 atom stereocenters. The van der Waals surface area contributed by atoms with Crippen molar-refractivity contribution in [1.29, 1.82) is 5.26 Å². The fourth-order valence-electron chi connectivity index (χ4n) is 2.33. The minimum atomic E-state index is -0.557. The van der Waals surface area contributed by atoms with Crippen LogP contribution in [0.5, 0.6) is 5.75 Å². The van der Waals surface area contributed by atoms with Gasteiger partial charge in [0.2, 0.25) is 0 Å². The van der Waals surface area contributed by atoms with E-state index in [1.54, 1.807) is 11.9 Å². The Morgan fingerprint density at radius 1 is 1.62 bits per heavy atom. The average Bonchev–Trinajstić information content (AvgIpc) is 2.63. The summed E-state index contributed by atoms with van der Waals surface area (Å²) in [7, 11) is 1.79. The van der Waals surface area contributed by atoms with Crippen molar-refractivity contribution in [3.63, 3.8) is 0 Å². The van der Waals surface area contributed by atoms with Crippen LogP contribution in [0.4, 0.5) is 10.2 Å². The highest BCUT2D eigenvalue weighted by Gasteiger charge is 2.29. The van der Waals surface area contributed by atoms with E-state index in [1.165, 1.54) is 6.33 Å². The second kappa shape index (κ2) is 5.28. The standard InChI is InChI=1S/C13H9BrClFN4O/c1-20-6(2-3-17)4-21-12-7-11(18-5-19-13(7)20)10(16)8(14)9(12)15/h5-6H,2,4H2,1H3. The Kier molecular flexibility index (Phi) is 3.59. The van der Waals surface area contributed by atoms with Gasteiger partial charge in [-0.2, -0.15) is 5.26 Å². The van der Waals surface area contributed by atoms with E-state index in [9.17, 15) is 4.39 Å². The van der Waals surface area contributed by atoms with E-state index in [0.717, 1.165) is 0 Å². The van der Waals surface area contributed by atoms with Crippen molar-refractivity contribution in [1.82, 2.24) is 9.97 Å². The summed E-state index contributed by atoms with van der Waals surface area (Å²) in [6.45, 7) is 0.257. The summed E-state index contributed by atoms with van der Waals surface area (Å²) in [5.41, 5.74) is 0.135. The molecule has 0 N–H and O–H groups in total. The van der Waals surface area contributed by atoms with Crippen molar-refractivity contribution in [2.24, 2.45) is 0 Å². The van der Waals surface area contributed by atoms with E-state index in [0.29, 0.717) is 17.0 Å². The molecule has 3 rings (SSSR count). The Morgan fingerprint density at radius 3 is 3.10 bits per heavy atom. The minimum absolute atomic E-state index is 0.109. The number of benzene rings is 1. The summed E-state index contributed by atoms with van der Waals surface area (Å²) in [6, 6.07) is 1.91. The predicted molar refractivity (Wildman–Crippen MR) is 80.1 cm³/mol. The number of halogens is 3. The SMILES string of the molecule is CN1c2ncnc3c(F)c(Br)c(Cl)c(c23)OCC1CC#N. The highest BCUT2D eigenvalue weighted by atomic mass is 79.9. The molecule has 0 saturated heterocycles. The number of hydrogen-bond donors (Lipinski definition) is 0. The van der Waals surface area contributed by atoms with Gasteiger partial charge in [-0.15, -0.1) is 0 Å². The number of rotatable bonds is 1. The largest absolute Gasteiger partial charge is 0.489 e. The van der Waals surface area contributed by atoms with Crippen molar-refractivity contribution in [2.45, 2.75) is 12.5 Å². The van der Waals surface area contributed by atoms with Gasteiger partial charge in [0.15, 0.2) is 11.6 Å². The monoisotopic (exact) mass is 370 g/mol. The molecule has 5 nitrogen and oxygen atoms in total. The minimum Gasteiger partial charge on any atom is -0.489 e. The molecule has 2 aromatic rings. The van der Waals surface area contributed by atoms with Crippen molar-refractivity contribution in [3.05, 3.63) is 21.6 Å². The fourth-order valence-corrected chi connectivity index (χ4v) is 2.93. The number of aromatic nitrogens is 2. The zero-order chi connectivity index (χ0) is 15.1. The maximum atomic E-state index is 14.3. The molecule has 1 aliphatic heterocycles. The third kappa shape index (κ3) is 2.10. The molecule has 21 heavy (non-hydrogen) atoms. The second-order valence-electron chi connectivity index (χ2n) is 4.63. The summed E-state index contributed by atoms with van der Waals surface area (Å²) < 4.78 is 20.2. The lowest BCUT2D eigenvalue weighted by atomic mass is 10.1. The molecule has 1 aromatic carbocycles. The van der Waals surface area contributed by atoms with Gasteiger partial charge in [0.05, 0.1) is 28.4 Å². The van der Waals surface area contributed by atoms with Crippen LogP contribution in [0.3, 0.4) is 0 Å². The van der Waals surface area contributed by atoms with Crippen LogP contribution in [0.1, 0.15) is 6.42 Å². The van der Waals surface area contributed by atoms with Crippen LogP contribution in [0.15, 0.2) is 10.8 Å². The van der Waals surface area contributed by atoms with Gasteiger partial charge in [-0.1, -0.05) is 11.6 Å². The summed E-state index contributed by atoms with van der Waals surface area (Å²) in [5.74, 6) is 0.280. The molecule has 8 heteroatoms. The van der Waals surface area contributed by atoms with E-state index < -0.39 is 5.82 Å². The number of likely N-dealkylation sites (N-methyl/N-ethyl adjacent to an activating group) is 1. The number of ether oxygens (including phenoxy) is 1. The molecular weight excluding hydrogens is 363 g/mol. The lowest BCUT2D eigenvalue weighted by molar-refractivity contribution is 0.293. The van der Waals surface area contributed by atoms with Gasteiger partial charge in [-0.05, 0) is 15.9 Å². The summed E-state index contributed by atoms with van der Waals surface area (Å²) in [5, 5.41) is 9.49. The zero-order valence-corrected chi connectivity index (χ0v) is 13.2. The summed E-state index contributed by atoms with van der Waals surface area (Å²) in [6.07, 6.45) is 1.55. The van der Waals surface area contributed by atoms with Crippen LogP contribution >= 0.6 is 27.5 Å². The molecule has 1 unspecified atom stereocenters.